The highest BCUT2D eigenvalue weighted by atomic mass is 35.5. The quantitative estimate of drug-likeness (QED) is 0.701. The first-order valence-corrected chi connectivity index (χ1v) is 6.85. The van der Waals surface area contributed by atoms with Crippen molar-refractivity contribution in [3.63, 3.8) is 0 Å². The SMILES string of the molecule is N#Cc1ccccc1-c1cc(-c2ccc(Cl)nn2)ccc1F. The summed E-state index contributed by atoms with van der Waals surface area (Å²) in [6, 6.07) is 16.9. The normalized spacial score (nSPS) is 10.2. The number of rotatable bonds is 2. The second-order valence-corrected chi connectivity index (χ2v) is 4.98. The minimum Gasteiger partial charge on any atom is -0.206 e. The molecule has 0 saturated heterocycles. The van der Waals surface area contributed by atoms with Crippen LogP contribution in [0, 0.1) is 17.1 Å². The smallest absolute Gasteiger partial charge is 0.151 e. The molecule has 0 spiro atoms. The first-order valence-electron chi connectivity index (χ1n) is 6.47. The molecule has 106 valence electrons. The van der Waals surface area contributed by atoms with E-state index in [1.54, 1.807) is 48.5 Å². The summed E-state index contributed by atoms with van der Waals surface area (Å²) in [5.41, 5.74) is 2.60. The number of nitrogens with zero attached hydrogens (tertiary/aromatic N) is 3. The van der Waals surface area contributed by atoms with Crippen LogP contribution in [0.25, 0.3) is 22.4 Å². The van der Waals surface area contributed by atoms with Crippen LogP contribution in [-0.4, -0.2) is 10.2 Å². The first kappa shape index (κ1) is 14.2. The summed E-state index contributed by atoms with van der Waals surface area (Å²) in [6.07, 6.45) is 0. The van der Waals surface area contributed by atoms with Gasteiger partial charge in [-0.1, -0.05) is 29.8 Å². The van der Waals surface area contributed by atoms with Gasteiger partial charge < -0.3 is 0 Å². The number of halogens is 2. The number of hydrogen-bond donors (Lipinski definition) is 0. The number of aromatic nitrogens is 2. The van der Waals surface area contributed by atoms with E-state index in [1.165, 1.54) is 6.07 Å². The van der Waals surface area contributed by atoms with Crippen molar-refractivity contribution in [3.8, 4) is 28.5 Å². The Morgan fingerprint density at radius 2 is 1.77 bits per heavy atom. The lowest BCUT2D eigenvalue weighted by atomic mass is 9.97. The molecular weight excluding hydrogens is 301 g/mol. The van der Waals surface area contributed by atoms with Crippen LogP contribution in [0.1, 0.15) is 5.56 Å². The lowest BCUT2D eigenvalue weighted by Crippen LogP contribution is -1.92. The lowest BCUT2D eigenvalue weighted by Gasteiger charge is -2.08. The lowest BCUT2D eigenvalue weighted by molar-refractivity contribution is 0.631. The minimum absolute atomic E-state index is 0.293. The van der Waals surface area contributed by atoms with Gasteiger partial charge in [0.2, 0.25) is 0 Å². The highest BCUT2D eigenvalue weighted by Crippen LogP contribution is 2.30. The molecule has 3 nitrogen and oxygen atoms in total. The van der Waals surface area contributed by atoms with Crippen LogP contribution in [0.5, 0.6) is 0 Å². The van der Waals surface area contributed by atoms with Crippen molar-refractivity contribution in [2.45, 2.75) is 0 Å². The van der Waals surface area contributed by atoms with Gasteiger partial charge >= 0.3 is 0 Å². The van der Waals surface area contributed by atoms with E-state index in [-0.39, 0.29) is 0 Å². The van der Waals surface area contributed by atoms with E-state index in [0.717, 1.165) is 0 Å². The van der Waals surface area contributed by atoms with Crippen LogP contribution < -0.4 is 0 Å². The van der Waals surface area contributed by atoms with Gasteiger partial charge in [0, 0.05) is 16.7 Å². The topological polar surface area (TPSA) is 49.6 Å². The van der Waals surface area contributed by atoms with E-state index < -0.39 is 5.82 Å². The van der Waals surface area contributed by atoms with Crippen LogP contribution in [0.3, 0.4) is 0 Å². The zero-order chi connectivity index (χ0) is 15.5. The maximum atomic E-state index is 14.2. The highest BCUT2D eigenvalue weighted by molar-refractivity contribution is 6.29. The molecule has 0 amide bonds. The monoisotopic (exact) mass is 309 g/mol. The van der Waals surface area contributed by atoms with Crippen molar-refractivity contribution < 1.29 is 4.39 Å². The maximum Gasteiger partial charge on any atom is 0.151 e. The fourth-order valence-electron chi connectivity index (χ4n) is 2.18. The third-order valence-electron chi connectivity index (χ3n) is 3.23. The Morgan fingerprint density at radius 3 is 2.50 bits per heavy atom. The predicted octanol–water partition coefficient (Wildman–Crippen LogP) is 4.47. The summed E-state index contributed by atoms with van der Waals surface area (Å²) < 4.78 is 14.2. The molecular formula is C17H9ClFN3. The van der Waals surface area contributed by atoms with E-state index >= 15 is 0 Å². The molecule has 3 rings (SSSR count). The molecule has 0 fully saturated rings. The van der Waals surface area contributed by atoms with Gasteiger partial charge in [-0.05, 0) is 36.4 Å². The molecule has 0 bridgehead atoms. The zero-order valence-corrected chi connectivity index (χ0v) is 12.0. The Hall–Kier alpha value is -2.77. The standard InChI is InChI=1S/C17H9ClFN3/c18-17-8-7-16(21-22-17)11-5-6-15(19)14(9-11)13-4-2-1-3-12(13)10-20/h1-9H. The van der Waals surface area contributed by atoms with E-state index in [2.05, 4.69) is 16.3 Å². The molecule has 0 radical (unpaired) electrons. The van der Waals surface area contributed by atoms with Crippen LogP contribution in [0.2, 0.25) is 5.15 Å². The zero-order valence-electron chi connectivity index (χ0n) is 11.3. The van der Waals surface area contributed by atoms with Gasteiger partial charge in [-0.15, -0.1) is 10.2 Å². The van der Waals surface area contributed by atoms with E-state index in [0.29, 0.717) is 33.1 Å². The molecule has 5 heteroatoms. The molecule has 0 aliphatic carbocycles. The summed E-state index contributed by atoms with van der Waals surface area (Å²) in [5, 5.41) is 17.2. The van der Waals surface area contributed by atoms with Crippen molar-refractivity contribution in [3.05, 3.63) is 71.1 Å². The average Bonchev–Trinajstić information content (AvgIpc) is 2.56. The molecule has 2 aromatic carbocycles. The molecule has 0 atom stereocenters. The van der Waals surface area contributed by atoms with E-state index in [4.69, 9.17) is 11.6 Å². The molecule has 0 aliphatic heterocycles. The number of hydrogen-bond acceptors (Lipinski definition) is 3. The Labute approximate surface area is 131 Å². The Balaban J connectivity index is 2.15. The van der Waals surface area contributed by atoms with Gasteiger partial charge in [-0.3, -0.25) is 0 Å². The summed E-state index contributed by atoms with van der Waals surface area (Å²) >= 11 is 5.72. The van der Waals surface area contributed by atoms with Crippen LogP contribution in [0.4, 0.5) is 4.39 Å². The number of nitriles is 1. The summed E-state index contributed by atoms with van der Waals surface area (Å²) in [4.78, 5) is 0. The van der Waals surface area contributed by atoms with Gasteiger partial charge in [0.15, 0.2) is 5.15 Å². The van der Waals surface area contributed by atoms with Gasteiger partial charge in [0.25, 0.3) is 0 Å². The molecule has 0 saturated carbocycles. The minimum atomic E-state index is -0.395. The third kappa shape index (κ3) is 2.67. The van der Waals surface area contributed by atoms with Gasteiger partial charge in [0.05, 0.1) is 17.3 Å². The second kappa shape index (κ2) is 5.92. The van der Waals surface area contributed by atoms with Gasteiger partial charge in [-0.2, -0.15) is 5.26 Å². The Kier molecular flexibility index (Phi) is 3.82. The Bertz CT molecular complexity index is 870. The van der Waals surface area contributed by atoms with Crippen molar-refractivity contribution >= 4 is 11.6 Å². The fraction of sp³-hybridized carbons (Fsp3) is 0. The maximum absolute atomic E-state index is 14.2. The van der Waals surface area contributed by atoms with Crippen molar-refractivity contribution in [1.29, 1.82) is 5.26 Å². The van der Waals surface area contributed by atoms with Crippen LogP contribution in [-0.2, 0) is 0 Å². The second-order valence-electron chi connectivity index (χ2n) is 4.59. The van der Waals surface area contributed by atoms with Crippen molar-refractivity contribution in [1.82, 2.24) is 10.2 Å². The molecule has 0 unspecified atom stereocenters. The fourth-order valence-corrected chi connectivity index (χ4v) is 2.28. The molecule has 3 aromatic rings. The van der Waals surface area contributed by atoms with Gasteiger partial charge in [-0.25, -0.2) is 4.39 Å². The highest BCUT2D eigenvalue weighted by Gasteiger charge is 2.11. The number of benzene rings is 2. The van der Waals surface area contributed by atoms with Crippen LogP contribution in [0.15, 0.2) is 54.6 Å². The first-order chi connectivity index (χ1) is 10.7. The summed E-state index contributed by atoms with van der Waals surface area (Å²) in [6.45, 7) is 0. The Morgan fingerprint density at radius 1 is 0.955 bits per heavy atom. The molecule has 1 heterocycles. The molecule has 1 aromatic heterocycles. The summed E-state index contributed by atoms with van der Waals surface area (Å²) in [7, 11) is 0. The summed E-state index contributed by atoms with van der Waals surface area (Å²) in [5.74, 6) is -0.395. The van der Waals surface area contributed by atoms with E-state index in [1.807, 2.05) is 0 Å². The molecule has 0 N–H and O–H groups in total. The molecule has 0 aliphatic rings. The van der Waals surface area contributed by atoms with E-state index in [9.17, 15) is 9.65 Å². The molecule has 22 heavy (non-hydrogen) atoms. The van der Waals surface area contributed by atoms with Crippen molar-refractivity contribution in [2.75, 3.05) is 0 Å². The van der Waals surface area contributed by atoms with Crippen molar-refractivity contribution in [2.24, 2.45) is 0 Å². The van der Waals surface area contributed by atoms with Gasteiger partial charge in [0.1, 0.15) is 5.82 Å². The largest absolute Gasteiger partial charge is 0.206 e. The van der Waals surface area contributed by atoms with Crippen LogP contribution >= 0.6 is 11.6 Å². The third-order valence-corrected chi connectivity index (χ3v) is 3.43. The average molecular weight is 310 g/mol. The predicted molar refractivity (Wildman–Crippen MR) is 82.6 cm³/mol.